The van der Waals surface area contributed by atoms with Crippen LogP contribution in [-0.2, 0) is 4.79 Å². The van der Waals surface area contributed by atoms with E-state index in [1.54, 1.807) is 4.90 Å². The Labute approximate surface area is 346 Å². The van der Waals surface area contributed by atoms with Crippen LogP contribution in [0.1, 0.15) is 61.4 Å². The number of halogens is 1. The number of piperazine rings is 1. The minimum absolute atomic E-state index is 0.146. The van der Waals surface area contributed by atoms with E-state index in [0.29, 0.717) is 41.7 Å². The fourth-order valence-corrected chi connectivity index (χ4v) is 10.7. The van der Waals surface area contributed by atoms with E-state index in [1.807, 2.05) is 42.5 Å². The van der Waals surface area contributed by atoms with Crippen molar-refractivity contribution in [2.45, 2.75) is 63.6 Å². The third-order valence-corrected chi connectivity index (χ3v) is 14.4. The Kier molecular flexibility index (Phi) is 10.7. The highest BCUT2D eigenvalue weighted by Gasteiger charge is 2.44. The van der Waals surface area contributed by atoms with Gasteiger partial charge >= 0.3 is 6.03 Å². The van der Waals surface area contributed by atoms with Gasteiger partial charge in [0.15, 0.2) is 0 Å². The number of nitrogens with zero attached hydrogens (tertiary/aromatic N) is 8. The SMILES string of the molecule is CC1CC2(CCN(c3ccc(C(=O)N4CCC(N5CC(N6CCN(c7ccc(N8CCC(=O)NC8=O)cc7)CC6)C5)CC4)cc3)CC2)CN1c1ccc(C#N)c(Cl)c1. The molecule has 6 saturated heterocycles. The molecule has 304 valence electrons. The van der Waals surface area contributed by atoms with Crippen LogP contribution in [0.15, 0.2) is 66.7 Å². The van der Waals surface area contributed by atoms with Crippen LogP contribution in [-0.4, -0.2) is 129 Å². The first kappa shape index (κ1) is 38.7. The monoisotopic (exact) mass is 803 g/mol. The number of urea groups is 1. The molecule has 3 aromatic rings. The maximum Gasteiger partial charge on any atom is 0.328 e. The Morgan fingerprint density at radius 2 is 1.38 bits per heavy atom. The molecule has 1 atom stereocenters. The Bertz CT molecular complexity index is 2040. The third kappa shape index (κ3) is 7.72. The highest BCUT2D eigenvalue weighted by molar-refractivity contribution is 6.32. The molecule has 0 bridgehead atoms. The summed E-state index contributed by atoms with van der Waals surface area (Å²) in [7, 11) is 0. The molecule has 4 amide bonds. The van der Waals surface area contributed by atoms with Crippen LogP contribution in [0.2, 0.25) is 5.02 Å². The van der Waals surface area contributed by atoms with E-state index in [2.05, 4.69) is 72.0 Å². The van der Waals surface area contributed by atoms with Crippen molar-refractivity contribution in [3.8, 4) is 6.07 Å². The molecule has 58 heavy (non-hydrogen) atoms. The van der Waals surface area contributed by atoms with Crippen LogP contribution >= 0.6 is 11.6 Å². The van der Waals surface area contributed by atoms with Crippen LogP contribution in [0.5, 0.6) is 0 Å². The van der Waals surface area contributed by atoms with Crippen LogP contribution < -0.4 is 24.9 Å². The number of carbonyl (C=O) groups is 3. The van der Waals surface area contributed by atoms with Crippen molar-refractivity contribution in [2.75, 3.05) is 98.1 Å². The molecular weight excluding hydrogens is 750 g/mol. The van der Waals surface area contributed by atoms with Crippen LogP contribution in [0.4, 0.5) is 27.5 Å². The lowest BCUT2D eigenvalue weighted by molar-refractivity contribution is -0.120. The number of nitriles is 1. The number of imide groups is 1. The standard InChI is InChI=1S/C45H54ClN9O3/c1-32-27-45(31-55(32)39-7-4-34(28-47)41(46)26-39)15-20-49(21-16-45)35-5-2-33(3-6-35)43(57)52-17-12-37(13-18-52)53-29-40(30-53)51-24-22-50(23-25-51)36-8-10-38(11-9-36)54-19-14-42(56)48-44(54)58/h2-11,26,32,37,40H,12-25,27,29-31H2,1H3,(H,48,56,58). The number of rotatable bonds is 7. The molecule has 3 aromatic carbocycles. The van der Waals surface area contributed by atoms with Crippen LogP contribution in [0.3, 0.4) is 0 Å². The first-order valence-corrected chi connectivity index (χ1v) is 21.6. The number of likely N-dealkylation sites (tertiary alicyclic amines) is 2. The highest BCUT2D eigenvalue weighted by atomic mass is 35.5. The smallest absolute Gasteiger partial charge is 0.328 e. The minimum Gasteiger partial charge on any atom is -0.371 e. The molecule has 9 rings (SSSR count). The Morgan fingerprint density at radius 3 is 2.02 bits per heavy atom. The lowest BCUT2D eigenvalue weighted by atomic mass is 9.76. The van der Waals surface area contributed by atoms with E-state index >= 15 is 0 Å². The lowest BCUT2D eigenvalue weighted by Gasteiger charge is -2.52. The molecule has 12 nitrogen and oxygen atoms in total. The fourth-order valence-electron chi connectivity index (χ4n) is 10.5. The van der Waals surface area contributed by atoms with Gasteiger partial charge in [-0.3, -0.25) is 29.6 Å². The molecule has 0 radical (unpaired) electrons. The maximum atomic E-state index is 13.6. The number of carbonyl (C=O) groups excluding carboxylic acids is 3. The second kappa shape index (κ2) is 16.1. The van der Waals surface area contributed by atoms with Crippen molar-refractivity contribution in [1.29, 1.82) is 5.26 Å². The zero-order valence-corrected chi connectivity index (χ0v) is 34.2. The normalized spacial score (nSPS) is 23.6. The summed E-state index contributed by atoms with van der Waals surface area (Å²) >= 11 is 6.39. The van der Waals surface area contributed by atoms with Gasteiger partial charge < -0.3 is 19.6 Å². The Hall–Kier alpha value is -4.83. The summed E-state index contributed by atoms with van der Waals surface area (Å²) in [5.41, 5.74) is 5.86. The molecule has 6 aliphatic rings. The number of anilines is 4. The summed E-state index contributed by atoms with van der Waals surface area (Å²) in [6, 6.07) is 25.6. The summed E-state index contributed by atoms with van der Waals surface area (Å²) < 4.78 is 0. The summed E-state index contributed by atoms with van der Waals surface area (Å²) in [5, 5.41) is 12.2. The quantitative estimate of drug-likeness (QED) is 0.324. The number of amides is 4. The highest BCUT2D eigenvalue weighted by Crippen LogP contribution is 2.46. The van der Waals surface area contributed by atoms with E-state index in [1.165, 1.54) is 11.4 Å². The van der Waals surface area contributed by atoms with Gasteiger partial charge in [0.2, 0.25) is 5.91 Å². The molecule has 6 heterocycles. The topological polar surface area (TPSA) is 110 Å². The van der Waals surface area contributed by atoms with E-state index in [4.69, 9.17) is 11.6 Å². The van der Waals surface area contributed by atoms with Crippen LogP contribution in [0, 0.1) is 16.7 Å². The number of hydrogen-bond donors (Lipinski definition) is 1. The van der Waals surface area contributed by atoms with E-state index in [9.17, 15) is 19.6 Å². The summed E-state index contributed by atoms with van der Waals surface area (Å²) in [6.07, 6.45) is 5.80. The second-order valence-electron chi connectivity index (χ2n) is 17.4. The molecule has 1 spiro atoms. The number of piperidine rings is 2. The maximum absolute atomic E-state index is 13.6. The first-order valence-electron chi connectivity index (χ1n) is 21.2. The lowest BCUT2D eigenvalue weighted by Crippen LogP contribution is -2.66. The van der Waals surface area contributed by atoms with Gasteiger partial charge in [-0.05, 0) is 111 Å². The van der Waals surface area contributed by atoms with Crippen molar-refractivity contribution < 1.29 is 14.4 Å². The molecule has 6 fully saturated rings. The van der Waals surface area contributed by atoms with Gasteiger partial charge in [-0.1, -0.05) is 11.6 Å². The molecular formula is C45H54ClN9O3. The molecule has 6 aliphatic heterocycles. The predicted octanol–water partition coefficient (Wildman–Crippen LogP) is 5.65. The number of nitrogens with one attached hydrogen (secondary N) is 1. The van der Waals surface area contributed by atoms with Gasteiger partial charge in [-0.2, -0.15) is 5.26 Å². The van der Waals surface area contributed by atoms with Crippen molar-refractivity contribution in [3.05, 3.63) is 82.9 Å². The van der Waals surface area contributed by atoms with Gasteiger partial charge in [0.25, 0.3) is 5.91 Å². The first-order chi connectivity index (χ1) is 28.1. The largest absolute Gasteiger partial charge is 0.371 e. The van der Waals surface area contributed by atoms with E-state index in [-0.39, 0.29) is 23.3 Å². The van der Waals surface area contributed by atoms with Crippen molar-refractivity contribution in [2.24, 2.45) is 5.41 Å². The second-order valence-corrected chi connectivity index (χ2v) is 17.8. The van der Waals surface area contributed by atoms with Crippen LogP contribution in [0.25, 0.3) is 0 Å². The van der Waals surface area contributed by atoms with E-state index < -0.39 is 0 Å². The Balaban J connectivity index is 0.691. The molecule has 1 unspecified atom stereocenters. The molecule has 0 aliphatic carbocycles. The number of hydrogen-bond acceptors (Lipinski definition) is 9. The molecule has 0 aromatic heterocycles. The van der Waals surface area contributed by atoms with Gasteiger partial charge in [-0.15, -0.1) is 0 Å². The Morgan fingerprint density at radius 1 is 0.759 bits per heavy atom. The van der Waals surface area contributed by atoms with Crippen molar-refractivity contribution in [3.63, 3.8) is 0 Å². The summed E-state index contributed by atoms with van der Waals surface area (Å²) in [6.45, 7) is 13.6. The molecule has 13 heteroatoms. The third-order valence-electron chi connectivity index (χ3n) is 14.0. The zero-order valence-electron chi connectivity index (χ0n) is 33.5. The van der Waals surface area contributed by atoms with Gasteiger partial charge in [0.05, 0.1) is 10.6 Å². The van der Waals surface area contributed by atoms with Gasteiger partial charge in [0, 0.05) is 131 Å². The van der Waals surface area contributed by atoms with E-state index in [0.717, 1.165) is 121 Å². The summed E-state index contributed by atoms with van der Waals surface area (Å²) in [4.78, 5) is 53.6. The number of benzene rings is 3. The molecule has 0 saturated carbocycles. The average Bonchev–Trinajstić information content (AvgIpc) is 3.55. The van der Waals surface area contributed by atoms with Gasteiger partial charge in [0.1, 0.15) is 6.07 Å². The van der Waals surface area contributed by atoms with Crippen molar-refractivity contribution >= 4 is 52.2 Å². The minimum atomic E-state index is -0.350. The van der Waals surface area contributed by atoms with Crippen molar-refractivity contribution in [1.82, 2.24) is 20.0 Å². The molecule has 1 N–H and O–H groups in total. The van der Waals surface area contributed by atoms with Gasteiger partial charge in [-0.25, -0.2) is 4.79 Å². The fraction of sp³-hybridized carbons (Fsp3) is 0.511. The predicted molar refractivity (Wildman–Crippen MR) is 228 cm³/mol. The average molecular weight is 804 g/mol. The summed E-state index contributed by atoms with van der Waals surface area (Å²) in [5.74, 6) is -0.0712. The zero-order chi connectivity index (χ0) is 40.0.